The Morgan fingerprint density at radius 3 is 2.62 bits per heavy atom. The topological polar surface area (TPSA) is 59.9 Å². The quantitative estimate of drug-likeness (QED) is 0.446. The van der Waals surface area contributed by atoms with Gasteiger partial charge < -0.3 is 9.47 Å². The summed E-state index contributed by atoms with van der Waals surface area (Å²) >= 11 is 5.98. The van der Waals surface area contributed by atoms with Gasteiger partial charge in [0, 0.05) is 10.6 Å². The molecule has 148 valence electrons. The average molecular weight is 413 g/mol. The fourth-order valence-corrected chi connectivity index (χ4v) is 2.72. The Kier molecular flexibility index (Phi) is 6.81. The van der Waals surface area contributed by atoms with E-state index in [1.807, 2.05) is 18.2 Å². The molecule has 0 spiro atoms. The molecule has 1 amide bonds. The number of ether oxygens (including phenoxy) is 2. The Bertz CT molecular complexity index is 1020. The van der Waals surface area contributed by atoms with Crippen molar-refractivity contribution in [3.63, 3.8) is 0 Å². The van der Waals surface area contributed by atoms with Crippen molar-refractivity contribution in [3.05, 3.63) is 94.3 Å². The molecule has 0 aromatic heterocycles. The van der Waals surface area contributed by atoms with Crippen molar-refractivity contribution in [1.29, 1.82) is 0 Å². The summed E-state index contributed by atoms with van der Waals surface area (Å²) < 4.78 is 24.1. The van der Waals surface area contributed by atoms with Gasteiger partial charge in [-0.2, -0.15) is 5.10 Å². The molecule has 3 aromatic rings. The van der Waals surface area contributed by atoms with E-state index in [0.717, 1.165) is 5.56 Å². The molecular formula is C22H18ClFN2O3. The van der Waals surface area contributed by atoms with Crippen molar-refractivity contribution >= 4 is 23.7 Å². The fourth-order valence-electron chi connectivity index (χ4n) is 2.50. The third-order valence-corrected chi connectivity index (χ3v) is 4.19. The molecule has 3 rings (SSSR count). The van der Waals surface area contributed by atoms with Crippen LogP contribution in [0.15, 0.2) is 71.8 Å². The number of hydrogen-bond acceptors (Lipinski definition) is 4. The lowest BCUT2D eigenvalue weighted by molar-refractivity contribution is 0.0955. The molecule has 0 saturated carbocycles. The predicted octanol–water partition coefficient (Wildman–Crippen LogP) is 4.83. The summed E-state index contributed by atoms with van der Waals surface area (Å²) in [6.07, 6.45) is 1.48. The van der Waals surface area contributed by atoms with Crippen LogP contribution < -0.4 is 14.9 Å². The van der Waals surface area contributed by atoms with Gasteiger partial charge in [-0.15, -0.1) is 0 Å². The molecule has 0 bridgehead atoms. The van der Waals surface area contributed by atoms with Gasteiger partial charge in [0.25, 0.3) is 5.91 Å². The van der Waals surface area contributed by atoms with Crippen LogP contribution in [0.1, 0.15) is 21.5 Å². The lowest BCUT2D eigenvalue weighted by Crippen LogP contribution is -2.17. The van der Waals surface area contributed by atoms with Crippen molar-refractivity contribution in [2.45, 2.75) is 6.61 Å². The van der Waals surface area contributed by atoms with Crippen molar-refractivity contribution in [3.8, 4) is 11.5 Å². The maximum atomic E-state index is 12.9. The van der Waals surface area contributed by atoms with Gasteiger partial charge in [-0.1, -0.05) is 23.7 Å². The molecule has 0 fully saturated rings. The van der Waals surface area contributed by atoms with Crippen LogP contribution in [0.2, 0.25) is 5.02 Å². The normalized spacial score (nSPS) is 10.7. The Hall–Kier alpha value is -3.38. The van der Waals surface area contributed by atoms with Gasteiger partial charge in [0.2, 0.25) is 0 Å². The highest BCUT2D eigenvalue weighted by atomic mass is 35.5. The van der Waals surface area contributed by atoms with E-state index in [4.69, 9.17) is 21.1 Å². The number of hydrazone groups is 1. The number of amides is 1. The molecule has 3 aromatic carbocycles. The Morgan fingerprint density at radius 1 is 1.10 bits per heavy atom. The number of nitrogens with zero attached hydrogens (tertiary/aromatic N) is 1. The first-order chi connectivity index (χ1) is 14.0. The minimum Gasteiger partial charge on any atom is -0.493 e. The Morgan fingerprint density at radius 2 is 1.90 bits per heavy atom. The summed E-state index contributed by atoms with van der Waals surface area (Å²) in [5.41, 5.74) is 4.35. The SMILES string of the molecule is COc1cc(/C=N\NC(=O)c2ccc(F)cc2)ccc1OCc1cccc(Cl)c1. The van der Waals surface area contributed by atoms with Gasteiger partial charge in [-0.3, -0.25) is 4.79 Å². The Labute approximate surface area is 172 Å². The number of hydrogen-bond donors (Lipinski definition) is 1. The maximum Gasteiger partial charge on any atom is 0.271 e. The molecule has 0 heterocycles. The summed E-state index contributed by atoms with van der Waals surface area (Å²) in [7, 11) is 1.54. The molecule has 0 aliphatic carbocycles. The van der Waals surface area contributed by atoms with Gasteiger partial charge in [-0.05, 0) is 65.7 Å². The smallest absolute Gasteiger partial charge is 0.271 e. The van der Waals surface area contributed by atoms with E-state index in [1.165, 1.54) is 30.5 Å². The minimum absolute atomic E-state index is 0.311. The second-order valence-corrected chi connectivity index (χ2v) is 6.47. The second-order valence-electron chi connectivity index (χ2n) is 6.03. The molecule has 0 saturated heterocycles. The molecule has 0 atom stereocenters. The van der Waals surface area contributed by atoms with E-state index >= 15 is 0 Å². The summed E-state index contributed by atoms with van der Waals surface area (Å²) in [5.74, 6) is 0.255. The average Bonchev–Trinajstić information content (AvgIpc) is 2.73. The van der Waals surface area contributed by atoms with E-state index in [2.05, 4.69) is 10.5 Å². The minimum atomic E-state index is -0.435. The van der Waals surface area contributed by atoms with Gasteiger partial charge in [0.1, 0.15) is 12.4 Å². The number of methoxy groups -OCH3 is 1. The number of carbonyl (C=O) groups is 1. The first kappa shape index (κ1) is 20.4. The standard InChI is InChI=1S/C22H18ClFN2O3/c1-28-21-12-15(13-25-26-22(27)17-6-8-19(24)9-7-17)5-10-20(21)29-14-16-3-2-4-18(23)11-16/h2-13H,14H2,1H3,(H,26,27)/b25-13-. The van der Waals surface area contributed by atoms with Crippen LogP contribution in [-0.4, -0.2) is 19.2 Å². The number of benzene rings is 3. The van der Waals surface area contributed by atoms with Gasteiger partial charge in [0.15, 0.2) is 11.5 Å². The van der Waals surface area contributed by atoms with Gasteiger partial charge in [0.05, 0.1) is 13.3 Å². The second kappa shape index (κ2) is 9.71. The number of carbonyl (C=O) groups excluding carboxylic acids is 1. The van der Waals surface area contributed by atoms with Crippen molar-refractivity contribution in [1.82, 2.24) is 5.43 Å². The molecule has 0 aliphatic rings. The lowest BCUT2D eigenvalue weighted by atomic mass is 10.2. The van der Waals surface area contributed by atoms with Crippen LogP contribution in [0.3, 0.4) is 0 Å². The van der Waals surface area contributed by atoms with Crippen LogP contribution in [0.5, 0.6) is 11.5 Å². The van der Waals surface area contributed by atoms with Gasteiger partial charge in [-0.25, -0.2) is 9.82 Å². The van der Waals surface area contributed by atoms with Crippen LogP contribution in [0, 0.1) is 5.82 Å². The number of nitrogens with one attached hydrogen (secondary N) is 1. The number of halogens is 2. The summed E-state index contributed by atoms with van der Waals surface area (Å²) in [4.78, 5) is 12.0. The van der Waals surface area contributed by atoms with Crippen LogP contribution in [-0.2, 0) is 6.61 Å². The van der Waals surface area contributed by atoms with E-state index in [1.54, 1.807) is 31.4 Å². The first-order valence-electron chi connectivity index (χ1n) is 8.69. The third-order valence-electron chi connectivity index (χ3n) is 3.96. The summed E-state index contributed by atoms with van der Waals surface area (Å²) in [5, 5.41) is 4.57. The molecule has 0 unspecified atom stereocenters. The monoisotopic (exact) mass is 412 g/mol. The number of rotatable bonds is 7. The molecule has 29 heavy (non-hydrogen) atoms. The molecule has 7 heteroatoms. The van der Waals surface area contributed by atoms with Crippen molar-refractivity contribution in [2.24, 2.45) is 5.10 Å². The van der Waals surface area contributed by atoms with Crippen molar-refractivity contribution < 1.29 is 18.7 Å². The van der Waals surface area contributed by atoms with E-state index in [9.17, 15) is 9.18 Å². The molecule has 0 radical (unpaired) electrons. The molecule has 0 aliphatic heterocycles. The lowest BCUT2D eigenvalue weighted by Gasteiger charge is -2.11. The molecule has 1 N–H and O–H groups in total. The van der Waals surface area contributed by atoms with E-state index in [0.29, 0.717) is 34.3 Å². The van der Waals surface area contributed by atoms with Crippen molar-refractivity contribution in [2.75, 3.05) is 7.11 Å². The highest BCUT2D eigenvalue weighted by Gasteiger charge is 2.07. The van der Waals surface area contributed by atoms with Crippen LogP contribution >= 0.6 is 11.6 Å². The van der Waals surface area contributed by atoms with Crippen LogP contribution in [0.25, 0.3) is 0 Å². The van der Waals surface area contributed by atoms with Gasteiger partial charge >= 0.3 is 0 Å². The third kappa shape index (κ3) is 5.80. The zero-order valence-electron chi connectivity index (χ0n) is 15.6. The Balaban J connectivity index is 1.62. The predicted molar refractivity (Wildman–Crippen MR) is 110 cm³/mol. The highest BCUT2D eigenvalue weighted by Crippen LogP contribution is 2.28. The maximum absolute atomic E-state index is 12.9. The fraction of sp³-hybridized carbons (Fsp3) is 0.0909. The largest absolute Gasteiger partial charge is 0.493 e. The zero-order valence-corrected chi connectivity index (χ0v) is 16.3. The summed E-state index contributed by atoms with van der Waals surface area (Å²) in [6, 6.07) is 17.9. The zero-order chi connectivity index (χ0) is 20.6. The summed E-state index contributed by atoms with van der Waals surface area (Å²) in [6.45, 7) is 0.345. The first-order valence-corrected chi connectivity index (χ1v) is 9.07. The van der Waals surface area contributed by atoms with E-state index < -0.39 is 11.7 Å². The molecule has 5 nitrogen and oxygen atoms in total. The van der Waals surface area contributed by atoms with E-state index in [-0.39, 0.29) is 0 Å². The van der Waals surface area contributed by atoms with Crippen LogP contribution in [0.4, 0.5) is 4.39 Å². The molecular weight excluding hydrogens is 395 g/mol. The highest BCUT2D eigenvalue weighted by molar-refractivity contribution is 6.30.